The van der Waals surface area contributed by atoms with Gasteiger partial charge < -0.3 is 5.11 Å². The molecule has 2 unspecified atom stereocenters. The molecule has 0 spiro atoms. The van der Waals surface area contributed by atoms with Gasteiger partial charge in [0.1, 0.15) is 0 Å². The van der Waals surface area contributed by atoms with Gasteiger partial charge in [-0.2, -0.15) is 0 Å². The van der Waals surface area contributed by atoms with E-state index >= 15 is 0 Å². The number of carboxylic acid groups (broad SMARTS) is 1. The fourth-order valence-electron chi connectivity index (χ4n) is 2.80. The quantitative estimate of drug-likeness (QED) is 0.674. The lowest BCUT2D eigenvalue weighted by atomic mass is 9.73. The van der Waals surface area contributed by atoms with E-state index in [1.807, 2.05) is 0 Å². The normalized spacial score (nSPS) is 36.6. The zero-order chi connectivity index (χ0) is 10.1. The third kappa shape index (κ3) is 1.71. The maximum atomic E-state index is 10.8. The first-order chi connectivity index (χ1) is 6.69. The summed E-state index contributed by atoms with van der Waals surface area (Å²) in [5, 5.41) is 13.4. The van der Waals surface area contributed by atoms with E-state index in [1.165, 1.54) is 5.01 Å². The summed E-state index contributed by atoms with van der Waals surface area (Å²) >= 11 is 0. The van der Waals surface area contributed by atoms with E-state index in [0.717, 1.165) is 6.42 Å². The van der Waals surface area contributed by atoms with Gasteiger partial charge in [0.2, 0.25) is 0 Å². The Morgan fingerprint density at radius 1 is 1.21 bits per heavy atom. The first kappa shape index (κ1) is 9.43. The molecule has 0 radical (unpaired) electrons. The van der Waals surface area contributed by atoms with E-state index in [2.05, 4.69) is 5.29 Å². The molecule has 78 valence electrons. The smallest absolute Gasteiger partial charge is 0.306 e. The summed E-state index contributed by atoms with van der Waals surface area (Å²) in [6, 6.07) is 0. The molecule has 14 heavy (non-hydrogen) atoms. The van der Waals surface area contributed by atoms with Gasteiger partial charge in [0.25, 0.3) is 0 Å². The lowest BCUT2D eigenvalue weighted by Gasteiger charge is -2.40. The Morgan fingerprint density at radius 2 is 1.79 bits per heavy atom. The number of aliphatic carboxylic acids is 1. The van der Waals surface area contributed by atoms with Crippen LogP contribution in [0.3, 0.4) is 0 Å². The van der Waals surface area contributed by atoms with Crippen molar-refractivity contribution in [2.24, 2.45) is 23.0 Å². The average Bonchev–Trinajstić information content (AvgIpc) is 2.16. The van der Waals surface area contributed by atoms with Crippen molar-refractivity contribution in [3.63, 3.8) is 0 Å². The average molecular weight is 198 g/mol. The number of fused-ring (bicyclic) bond motifs is 2. The van der Waals surface area contributed by atoms with Gasteiger partial charge in [-0.1, -0.05) is 0 Å². The summed E-state index contributed by atoms with van der Waals surface area (Å²) < 4.78 is 0. The van der Waals surface area contributed by atoms with Crippen LogP contribution in [0.15, 0.2) is 5.29 Å². The number of hydrogen-bond acceptors (Lipinski definition) is 3. The molecule has 1 aliphatic carbocycles. The minimum atomic E-state index is -0.688. The fourth-order valence-corrected chi connectivity index (χ4v) is 2.80. The number of hydrogen-bond donors (Lipinski definition) is 1. The second kappa shape index (κ2) is 3.55. The number of piperidine rings is 1. The lowest BCUT2D eigenvalue weighted by Crippen LogP contribution is -2.43. The van der Waals surface area contributed by atoms with E-state index in [-0.39, 0.29) is 5.92 Å². The van der Waals surface area contributed by atoms with Gasteiger partial charge in [0, 0.05) is 13.1 Å². The molecule has 1 heterocycles. The van der Waals surface area contributed by atoms with Gasteiger partial charge in [-0.15, -0.1) is 4.91 Å². The van der Waals surface area contributed by atoms with Gasteiger partial charge >= 0.3 is 5.97 Å². The van der Waals surface area contributed by atoms with E-state index in [0.29, 0.717) is 37.8 Å². The van der Waals surface area contributed by atoms with Crippen LogP contribution in [0.25, 0.3) is 0 Å². The summed E-state index contributed by atoms with van der Waals surface area (Å²) in [6.45, 7) is 1.29. The van der Waals surface area contributed by atoms with Gasteiger partial charge in [-0.3, -0.25) is 9.80 Å². The SMILES string of the molecule is O=NN1CC2CC(CC(C(=O)O)C2)C1. The molecule has 1 saturated carbocycles. The van der Waals surface area contributed by atoms with Crippen molar-refractivity contribution in [1.29, 1.82) is 0 Å². The molecule has 0 amide bonds. The molecule has 1 N–H and O–H groups in total. The van der Waals surface area contributed by atoms with Crippen LogP contribution in [0.1, 0.15) is 19.3 Å². The van der Waals surface area contributed by atoms with Crippen LogP contribution in [0.5, 0.6) is 0 Å². The summed E-state index contributed by atoms with van der Waals surface area (Å²) in [4.78, 5) is 21.2. The van der Waals surface area contributed by atoms with Crippen LogP contribution < -0.4 is 0 Å². The first-order valence-corrected chi connectivity index (χ1v) is 5.00. The summed E-state index contributed by atoms with van der Waals surface area (Å²) in [7, 11) is 0. The molecule has 2 rings (SSSR count). The molecule has 0 aromatic heterocycles. The monoisotopic (exact) mass is 198 g/mol. The molecule has 2 aliphatic rings. The van der Waals surface area contributed by atoms with Crippen LogP contribution in [-0.4, -0.2) is 29.2 Å². The van der Waals surface area contributed by atoms with Crippen LogP contribution in [0.4, 0.5) is 0 Å². The van der Waals surface area contributed by atoms with Crippen LogP contribution >= 0.6 is 0 Å². The summed E-state index contributed by atoms with van der Waals surface area (Å²) in [6.07, 6.45) is 2.48. The molecular weight excluding hydrogens is 184 g/mol. The highest BCUT2D eigenvalue weighted by atomic mass is 16.4. The Morgan fingerprint density at radius 3 is 2.21 bits per heavy atom. The predicted octanol–water partition coefficient (Wildman–Crippen LogP) is 1.10. The van der Waals surface area contributed by atoms with Crippen molar-refractivity contribution in [2.75, 3.05) is 13.1 Å². The molecule has 2 atom stereocenters. The van der Waals surface area contributed by atoms with Crippen molar-refractivity contribution >= 4 is 5.97 Å². The van der Waals surface area contributed by atoms with Gasteiger partial charge in [-0.25, -0.2) is 0 Å². The first-order valence-electron chi connectivity index (χ1n) is 5.00. The van der Waals surface area contributed by atoms with Crippen LogP contribution in [-0.2, 0) is 4.79 Å². The third-order valence-electron chi connectivity index (χ3n) is 3.30. The van der Waals surface area contributed by atoms with Crippen molar-refractivity contribution in [1.82, 2.24) is 5.01 Å². The fraction of sp³-hybridized carbons (Fsp3) is 0.889. The van der Waals surface area contributed by atoms with Crippen LogP contribution in [0.2, 0.25) is 0 Å². The highest BCUT2D eigenvalue weighted by Gasteiger charge is 2.37. The Kier molecular flexibility index (Phi) is 2.39. The van der Waals surface area contributed by atoms with E-state index < -0.39 is 5.97 Å². The molecule has 0 aromatic carbocycles. The van der Waals surface area contributed by atoms with E-state index in [9.17, 15) is 9.70 Å². The highest BCUT2D eigenvalue weighted by molar-refractivity contribution is 5.70. The number of carbonyl (C=O) groups is 1. The Balaban J connectivity index is 2.01. The molecular formula is C9H14N2O3. The van der Waals surface area contributed by atoms with Crippen molar-refractivity contribution in [2.45, 2.75) is 19.3 Å². The topological polar surface area (TPSA) is 70.0 Å². The van der Waals surface area contributed by atoms with Crippen molar-refractivity contribution in [3.8, 4) is 0 Å². The third-order valence-corrected chi connectivity index (χ3v) is 3.30. The van der Waals surface area contributed by atoms with Crippen molar-refractivity contribution < 1.29 is 9.90 Å². The van der Waals surface area contributed by atoms with E-state index in [4.69, 9.17) is 5.11 Å². The number of rotatable bonds is 2. The molecule has 1 saturated heterocycles. The summed E-state index contributed by atoms with van der Waals surface area (Å²) in [5.41, 5.74) is 0. The number of nitrogens with zero attached hydrogens (tertiary/aromatic N) is 2. The molecule has 5 nitrogen and oxygen atoms in total. The molecule has 1 aliphatic heterocycles. The largest absolute Gasteiger partial charge is 0.481 e. The van der Waals surface area contributed by atoms with E-state index in [1.54, 1.807) is 0 Å². The van der Waals surface area contributed by atoms with Gasteiger partial charge in [-0.05, 0) is 31.1 Å². The second-order valence-corrected chi connectivity index (χ2v) is 4.43. The van der Waals surface area contributed by atoms with Crippen LogP contribution in [0, 0.1) is 22.7 Å². The molecule has 5 heteroatoms. The predicted molar refractivity (Wildman–Crippen MR) is 49.3 cm³/mol. The van der Waals surface area contributed by atoms with Gasteiger partial charge in [0.15, 0.2) is 0 Å². The molecule has 0 aromatic rings. The minimum absolute atomic E-state index is 0.201. The second-order valence-electron chi connectivity index (χ2n) is 4.43. The molecule has 2 fully saturated rings. The Bertz CT molecular complexity index is 242. The Labute approximate surface area is 82.0 Å². The van der Waals surface area contributed by atoms with Crippen molar-refractivity contribution in [3.05, 3.63) is 4.91 Å². The maximum absolute atomic E-state index is 10.8. The summed E-state index contributed by atoms with van der Waals surface area (Å²) in [5.74, 6) is -0.192. The lowest BCUT2D eigenvalue weighted by molar-refractivity contribution is -0.145. The Hall–Kier alpha value is -1.13. The highest BCUT2D eigenvalue weighted by Crippen LogP contribution is 2.37. The maximum Gasteiger partial charge on any atom is 0.306 e. The van der Waals surface area contributed by atoms with Gasteiger partial charge in [0.05, 0.1) is 11.2 Å². The standard InChI is InChI=1S/C9H14N2O3/c12-9(13)8-2-6-1-7(3-8)5-11(4-6)10-14/h6-8H,1-5H2,(H,12,13). The number of carboxylic acids is 1. The number of nitroso groups, excluding NO2 is 1. The minimum Gasteiger partial charge on any atom is -0.481 e. The zero-order valence-electron chi connectivity index (χ0n) is 7.93. The zero-order valence-corrected chi connectivity index (χ0v) is 7.93. The molecule has 2 bridgehead atoms.